The number of hydrogen-bond acceptors (Lipinski definition) is 6. The van der Waals surface area contributed by atoms with Gasteiger partial charge in [-0.05, 0) is 23.8 Å². The molecule has 9 heteroatoms. The number of nitrogens with zero attached hydrogens (tertiary/aromatic N) is 3. The minimum atomic E-state index is -0.676. The van der Waals surface area contributed by atoms with E-state index in [0.29, 0.717) is 21.3 Å². The predicted molar refractivity (Wildman–Crippen MR) is 95.9 cm³/mol. The molecule has 0 fully saturated rings. The Morgan fingerprint density at radius 1 is 1.04 bits per heavy atom. The molecule has 27 heavy (non-hydrogen) atoms. The van der Waals surface area contributed by atoms with E-state index in [1.54, 1.807) is 17.5 Å². The molecular formula is C18H9F2N3O3S. The van der Waals surface area contributed by atoms with Gasteiger partial charge >= 0.3 is 5.69 Å². The van der Waals surface area contributed by atoms with Gasteiger partial charge in [-0.1, -0.05) is 12.1 Å². The van der Waals surface area contributed by atoms with Gasteiger partial charge in [-0.15, -0.1) is 11.3 Å². The lowest BCUT2D eigenvalue weighted by atomic mass is 10.1. The number of nitro benzene ring substituents is 1. The van der Waals surface area contributed by atoms with Gasteiger partial charge in [-0.3, -0.25) is 10.1 Å². The summed E-state index contributed by atoms with van der Waals surface area (Å²) in [5, 5.41) is 13.5. The van der Waals surface area contributed by atoms with E-state index >= 15 is 0 Å². The van der Waals surface area contributed by atoms with E-state index in [1.807, 2.05) is 0 Å². The summed E-state index contributed by atoms with van der Waals surface area (Å²) in [6.45, 7) is 0. The molecule has 0 saturated heterocycles. The van der Waals surface area contributed by atoms with Crippen molar-refractivity contribution < 1.29 is 18.4 Å². The van der Waals surface area contributed by atoms with Crippen molar-refractivity contribution in [3.8, 4) is 22.8 Å². The molecule has 0 aliphatic heterocycles. The van der Waals surface area contributed by atoms with Crippen molar-refractivity contribution in [3.05, 3.63) is 75.9 Å². The van der Waals surface area contributed by atoms with Crippen molar-refractivity contribution in [1.29, 1.82) is 0 Å². The molecule has 134 valence electrons. The van der Waals surface area contributed by atoms with Crippen LogP contribution >= 0.6 is 11.3 Å². The maximum atomic E-state index is 13.6. The quantitative estimate of drug-likeness (QED) is 0.350. The number of rotatable bonds is 4. The van der Waals surface area contributed by atoms with Gasteiger partial charge < -0.3 is 4.74 Å². The molecule has 0 radical (unpaired) electrons. The van der Waals surface area contributed by atoms with Gasteiger partial charge in [-0.2, -0.15) is 0 Å². The number of thiophene rings is 1. The molecular weight excluding hydrogens is 376 g/mol. The van der Waals surface area contributed by atoms with Crippen LogP contribution in [0.2, 0.25) is 0 Å². The largest absolute Gasteiger partial charge is 0.431 e. The van der Waals surface area contributed by atoms with E-state index in [4.69, 9.17) is 4.74 Å². The van der Waals surface area contributed by atoms with Gasteiger partial charge in [-0.25, -0.2) is 18.7 Å². The number of ether oxygens (including phenoxy) is 1. The predicted octanol–water partition coefficient (Wildman–Crippen LogP) is 5.34. The van der Waals surface area contributed by atoms with Crippen molar-refractivity contribution in [2.75, 3.05) is 0 Å². The highest BCUT2D eigenvalue weighted by Gasteiger charge is 2.20. The van der Waals surface area contributed by atoms with Gasteiger partial charge in [0, 0.05) is 23.1 Å². The highest BCUT2D eigenvalue weighted by Crippen LogP contribution is 2.40. The third kappa shape index (κ3) is 3.20. The molecule has 2 aromatic heterocycles. The molecule has 0 amide bonds. The van der Waals surface area contributed by atoms with Crippen LogP contribution in [-0.4, -0.2) is 14.9 Å². The van der Waals surface area contributed by atoms with Crippen LogP contribution in [0.4, 0.5) is 14.5 Å². The molecule has 2 aromatic carbocycles. The van der Waals surface area contributed by atoms with Crippen LogP contribution in [0.1, 0.15) is 0 Å². The lowest BCUT2D eigenvalue weighted by molar-refractivity contribution is -0.385. The lowest BCUT2D eigenvalue weighted by Crippen LogP contribution is -1.96. The molecule has 0 N–H and O–H groups in total. The average Bonchev–Trinajstić information content (AvgIpc) is 3.07. The normalized spacial score (nSPS) is 10.9. The number of fused-ring (bicyclic) bond motifs is 1. The number of halogens is 2. The second-order valence-electron chi connectivity index (χ2n) is 5.49. The molecule has 0 aliphatic rings. The minimum Gasteiger partial charge on any atom is -0.431 e. The summed E-state index contributed by atoms with van der Waals surface area (Å²) in [6.07, 6.45) is 1.26. The Morgan fingerprint density at radius 2 is 1.78 bits per heavy atom. The summed E-state index contributed by atoms with van der Waals surface area (Å²) in [4.78, 5) is 19.3. The molecule has 0 atom stereocenters. The summed E-state index contributed by atoms with van der Waals surface area (Å²) < 4.78 is 32.4. The first-order valence-corrected chi connectivity index (χ1v) is 8.51. The van der Waals surface area contributed by atoms with Gasteiger partial charge in [0.25, 0.3) is 0 Å². The molecule has 4 aromatic rings. The third-order valence-electron chi connectivity index (χ3n) is 3.82. The first kappa shape index (κ1) is 17.0. The summed E-state index contributed by atoms with van der Waals surface area (Å²) >= 11 is 1.32. The first-order valence-electron chi connectivity index (χ1n) is 7.63. The van der Waals surface area contributed by atoms with Crippen LogP contribution in [0.25, 0.3) is 21.3 Å². The Hall–Kier alpha value is -3.46. The topological polar surface area (TPSA) is 78.2 Å². The number of nitro groups is 1. The van der Waals surface area contributed by atoms with Crippen molar-refractivity contribution >= 4 is 27.2 Å². The van der Waals surface area contributed by atoms with Crippen molar-refractivity contribution in [3.63, 3.8) is 0 Å². The third-order valence-corrected chi connectivity index (χ3v) is 4.70. The SMILES string of the molecule is O=[N+]([O-])c1ccc(F)cc1Oc1ncnc2scc(-c3ccc(F)cc3)c12. The second-order valence-corrected chi connectivity index (χ2v) is 6.34. The minimum absolute atomic E-state index is 0.0503. The number of hydrogen-bond donors (Lipinski definition) is 0. The van der Waals surface area contributed by atoms with E-state index < -0.39 is 10.7 Å². The van der Waals surface area contributed by atoms with Crippen molar-refractivity contribution in [1.82, 2.24) is 9.97 Å². The lowest BCUT2D eigenvalue weighted by Gasteiger charge is -2.08. The maximum absolute atomic E-state index is 13.6. The highest BCUT2D eigenvalue weighted by molar-refractivity contribution is 7.17. The maximum Gasteiger partial charge on any atom is 0.311 e. The van der Waals surface area contributed by atoms with E-state index in [1.165, 1.54) is 29.8 Å². The van der Waals surface area contributed by atoms with Crippen molar-refractivity contribution in [2.24, 2.45) is 0 Å². The fourth-order valence-corrected chi connectivity index (χ4v) is 3.50. The zero-order chi connectivity index (χ0) is 19.0. The fourth-order valence-electron chi connectivity index (χ4n) is 2.59. The van der Waals surface area contributed by atoms with Gasteiger partial charge in [0.1, 0.15) is 22.8 Å². The summed E-state index contributed by atoms with van der Waals surface area (Å²) in [5.41, 5.74) is 1.00. The van der Waals surface area contributed by atoms with Crippen LogP contribution in [0.5, 0.6) is 11.6 Å². The smallest absolute Gasteiger partial charge is 0.311 e. The Balaban J connectivity index is 1.86. The monoisotopic (exact) mass is 385 g/mol. The molecule has 0 saturated carbocycles. The van der Waals surface area contributed by atoms with Crippen molar-refractivity contribution in [2.45, 2.75) is 0 Å². The van der Waals surface area contributed by atoms with Crippen LogP contribution in [-0.2, 0) is 0 Å². The summed E-state index contributed by atoms with van der Waals surface area (Å²) in [6, 6.07) is 8.76. The average molecular weight is 385 g/mol. The Kier molecular flexibility index (Phi) is 4.21. The van der Waals surface area contributed by atoms with E-state index in [0.717, 1.165) is 18.2 Å². The standard InChI is InChI=1S/C18H9F2N3O3S/c19-11-3-1-10(2-4-11)13-8-27-18-16(13)17(21-9-22-18)26-15-7-12(20)5-6-14(15)23(24)25/h1-9H. The van der Waals surface area contributed by atoms with E-state index in [9.17, 15) is 18.9 Å². The van der Waals surface area contributed by atoms with Gasteiger partial charge in [0.05, 0.1) is 10.3 Å². The highest BCUT2D eigenvalue weighted by atomic mass is 32.1. The van der Waals surface area contributed by atoms with E-state index in [2.05, 4.69) is 9.97 Å². The molecule has 2 heterocycles. The molecule has 6 nitrogen and oxygen atoms in total. The number of benzene rings is 2. The zero-order valence-electron chi connectivity index (χ0n) is 13.4. The molecule has 4 rings (SSSR count). The van der Waals surface area contributed by atoms with Gasteiger partial charge in [0.2, 0.25) is 11.6 Å². The van der Waals surface area contributed by atoms with Crippen LogP contribution < -0.4 is 4.74 Å². The Morgan fingerprint density at radius 3 is 2.52 bits per heavy atom. The van der Waals surface area contributed by atoms with Gasteiger partial charge in [0.15, 0.2) is 0 Å². The van der Waals surface area contributed by atoms with Crippen LogP contribution in [0.15, 0.2) is 54.2 Å². The Labute approximate surface area is 154 Å². The molecule has 0 spiro atoms. The molecule has 0 bridgehead atoms. The molecule has 0 unspecified atom stereocenters. The Bertz CT molecular complexity index is 1160. The van der Waals surface area contributed by atoms with Crippen LogP contribution in [0.3, 0.4) is 0 Å². The van der Waals surface area contributed by atoms with E-state index in [-0.39, 0.29) is 23.1 Å². The first-order chi connectivity index (χ1) is 13.0. The summed E-state index contributed by atoms with van der Waals surface area (Å²) in [7, 11) is 0. The zero-order valence-corrected chi connectivity index (χ0v) is 14.2. The fraction of sp³-hybridized carbons (Fsp3) is 0. The summed E-state index contributed by atoms with van der Waals surface area (Å²) in [5.74, 6) is -1.27. The molecule has 0 aliphatic carbocycles. The number of aromatic nitrogens is 2. The van der Waals surface area contributed by atoms with Crippen LogP contribution in [0, 0.1) is 21.7 Å². The second kappa shape index (κ2) is 6.69.